The maximum Gasteiger partial charge on any atom is 0.343 e. The minimum Gasteiger partial charge on any atom is -0.422 e. The first-order valence-electron chi connectivity index (χ1n) is 9.61. The van der Waals surface area contributed by atoms with Crippen LogP contribution in [-0.2, 0) is 4.79 Å². The van der Waals surface area contributed by atoms with Crippen molar-refractivity contribution >= 4 is 23.8 Å². The van der Waals surface area contributed by atoms with E-state index < -0.39 is 5.97 Å². The summed E-state index contributed by atoms with van der Waals surface area (Å²) in [7, 11) is 0. The monoisotopic (exact) mass is 374 g/mol. The molecule has 1 fully saturated rings. The zero-order valence-corrected chi connectivity index (χ0v) is 15.9. The number of hydrogen-bond donors (Lipinski definition) is 0. The Morgan fingerprint density at radius 2 is 1.86 bits per heavy atom. The van der Waals surface area contributed by atoms with Crippen LogP contribution in [0, 0.1) is 6.92 Å². The van der Waals surface area contributed by atoms with Gasteiger partial charge in [0.2, 0.25) is 0 Å². The molecular weight excluding hydrogens is 352 g/mol. The second-order valence-corrected chi connectivity index (χ2v) is 7.07. The first kappa shape index (κ1) is 18.2. The lowest BCUT2D eigenvalue weighted by molar-refractivity contribution is -0.122. The molecule has 0 spiro atoms. The number of amides is 1. The van der Waals surface area contributed by atoms with Crippen LogP contribution < -0.4 is 4.74 Å². The van der Waals surface area contributed by atoms with Crippen molar-refractivity contribution in [2.75, 3.05) is 6.54 Å². The number of aliphatic imine (C=N–C) groups is 1. The minimum absolute atomic E-state index is 0.0723. The maximum atomic E-state index is 12.7. The number of nitrogens with zero attached hydrogens (tertiary/aromatic N) is 2. The molecule has 0 aromatic heterocycles. The molecule has 5 nitrogen and oxygen atoms in total. The van der Waals surface area contributed by atoms with Crippen molar-refractivity contribution in [3.05, 3.63) is 70.9 Å². The van der Waals surface area contributed by atoms with E-state index >= 15 is 0 Å². The van der Waals surface area contributed by atoms with Gasteiger partial charge in [-0.2, -0.15) is 0 Å². The van der Waals surface area contributed by atoms with E-state index in [1.807, 2.05) is 37.3 Å². The van der Waals surface area contributed by atoms with Crippen molar-refractivity contribution in [1.82, 2.24) is 4.90 Å². The lowest BCUT2D eigenvalue weighted by atomic mass is 10.1. The third-order valence-corrected chi connectivity index (χ3v) is 5.09. The molecule has 0 radical (unpaired) electrons. The predicted molar refractivity (Wildman–Crippen MR) is 108 cm³/mol. The van der Waals surface area contributed by atoms with Crippen molar-refractivity contribution in [2.45, 2.75) is 32.6 Å². The Bertz CT molecular complexity index is 991. The van der Waals surface area contributed by atoms with Crippen LogP contribution in [-0.4, -0.2) is 29.2 Å². The second kappa shape index (κ2) is 7.80. The van der Waals surface area contributed by atoms with Gasteiger partial charge >= 0.3 is 5.97 Å². The van der Waals surface area contributed by atoms with Crippen LogP contribution in [0.15, 0.2) is 59.2 Å². The molecule has 142 valence electrons. The molecule has 0 N–H and O–H groups in total. The Kier molecular flexibility index (Phi) is 5.06. The number of amidine groups is 1. The highest BCUT2D eigenvalue weighted by atomic mass is 16.5. The Morgan fingerprint density at radius 3 is 2.71 bits per heavy atom. The van der Waals surface area contributed by atoms with E-state index in [1.54, 1.807) is 29.2 Å². The SMILES string of the molecule is Cc1ccccc1C(=O)Oc1ccccc1/C=C1/N=C2CCCCCN2C1=O. The molecule has 2 aliphatic heterocycles. The normalized spacial score (nSPS) is 17.9. The van der Waals surface area contributed by atoms with E-state index in [4.69, 9.17) is 4.74 Å². The van der Waals surface area contributed by atoms with Gasteiger partial charge in [-0.15, -0.1) is 0 Å². The zero-order chi connectivity index (χ0) is 19.5. The second-order valence-electron chi connectivity index (χ2n) is 7.07. The van der Waals surface area contributed by atoms with Crippen molar-refractivity contribution < 1.29 is 14.3 Å². The average molecular weight is 374 g/mol. The summed E-state index contributed by atoms with van der Waals surface area (Å²) in [6.07, 6.45) is 5.72. The lowest BCUT2D eigenvalue weighted by Crippen LogP contribution is -2.31. The van der Waals surface area contributed by atoms with Crippen LogP contribution in [0.5, 0.6) is 5.75 Å². The standard InChI is InChI=1S/C23H22N2O3/c1-16-9-4-6-11-18(16)23(27)28-20-12-7-5-10-17(20)15-19-22(26)25-14-8-2-3-13-21(25)24-19/h4-7,9-12,15H,2-3,8,13-14H2,1H3/b19-15+. The molecule has 1 amide bonds. The largest absolute Gasteiger partial charge is 0.422 e. The van der Waals surface area contributed by atoms with Gasteiger partial charge < -0.3 is 4.74 Å². The predicted octanol–water partition coefficient (Wildman–Crippen LogP) is 4.37. The molecule has 0 unspecified atom stereocenters. The van der Waals surface area contributed by atoms with Gasteiger partial charge in [-0.25, -0.2) is 9.79 Å². The zero-order valence-electron chi connectivity index (χ0n) is 15.9. The van der Waals surface area contributed by atoms with E-state index in [1.165, 1.54) is 0 Å². The first-order chi connectivity index (χ1) is 13.6. The summed E-state index contributed by atoms with van der Waals surface area (Å²) in [5.41, 5.74) is 2.44. The van der Waals surface area contributed by atoms with Crippen molar-refractivity contribution in [1.29, 1.82) is 0 Å². The van der Waals surface area contributed by atoms with Crippen molar-refractivity contribution in [3.63, 3.8) is 0 Å². The molecule has 0 bridgehead atoms. The fraction of sp³-hybridized carbons (Fsp3) is 0.261. The van der Waals surface area contributed by atoms with Gasteiger partial charge in [0, 0.05) is 18.5 Å². The van der Waals surface area contributed by atoms with Crippen molar-refractivity contribution in [2.24, 2.45) is 4.99 Å². The van der Waals surface area contributed by atoms with E-state index in [0.717, 1.165) is 43.6 Å². The Labute approximate surface area is 164 Å². The molecule has 0 atom stereocenters. The molecule has 0 saturated carbocycles. The van der Waals surface area contributed by atoms with Crippen molar-refractivity contribution in [3.8, 4) is 5.75 Å². The Morgan fingerprint density at radius 1 is 1.07 bits per heavy atom. The van der Waals surface area contributed by atoms with Gasteiger partial charge in [-0.1, -0.05) is 42.8 Å². The molecule has 0 aliphatic carbocycles. The Hall–Kier alpha value is -3.21. The fourth-order valence-corrected chi connectivity index (χ4v) is 3.54. The third-order valence-electron chi connectivity index (χ3n) is 5.09. The summed E-state index contributed by atoms with van der Waals surface area (Å²) in [4.78, 5) is 31.6. The highest BCUT2D eigenvalue weighted by molar-refractivity contribution is 6.14. The highest BCUT2D eigenvalue weighted by Crippen LogP contribution is 2.27. The van der Waals surface area contributed by atoms with E-state index in [9.17, 15) is 9.59 Å². The molecule has 2 heterocycles. The summed E-state index contributed by atoms with van der Waals surface area (Å²) in [6, 6.07) is 14.5. The van der Waals surface area contributed by atoms with Gasteiger partial charge in [0.25, 0.3) is 5.91 Å². The minimum atomic E-state index is -0.415. The molecule has 28 heavy (non-hydrogen) atoms. The summed E-state index contributed by atoms with van der Waals surface area (Å²) < 4.78 is 5.64. The molecular formula is C23H22N2O3. The third kappa shape index (κ3) is 3.60. The summed E-state index contributed by atoms with van der Waals surface area (Å²) in [5, 5.41) is 0. The van der Waals surface area contributed by atoms with Crippen LogP contribution in [0.2, 0.25) is 0 Å². The van der Waals surface area contributed by atoms with E-state index in [-0.39, 0.29) is 5.91 Å². The molecule has 2 aliphatic rings. The number of ether oxygens (including phenoxy) is 1. The van der Waals surface area contributed by atoms with Crippen LogP contribution in [0.3, 0.4) is 0 Å². The van der Waals surface area contributed by atoms with Gasteiger partial charge in [-0.05, 0) is 43.5 Å². The van der Waals surface area contributed by atoms with Gasteiger partial charge in [0.15, 0.2) is 0 Å². The van der Waals surface area contributed by atoms with Crippen LogP contribution in [0.4, 0.5) is 0 Å². The number of rotatable bonds is 3. The molecule has 2 aromatic rings. The summed E-state index contributed by atoms with van der Waals surface area (Å²) in [6.45, 7) is 2.59. The Balaban J connectivity index is 1.62. The molecule has 4 rings (SSSR count). The number of esters is 1. The molecule has 1 saturated heterocycles. The smallest absolute Gasteiger partial charge is 0.343 e. The van der Waals surface area contributed by atoms with Gasteiger partial charge in [0.1, 0.15) is 17.3 Å². The van der Waals surface area contributed by atoms with E-state index in [2.05, 4.69) is 4.99 Å². The number of benzene rings is 2. The van der Waals surface area contributed by atoms with Gasteiger partial charge in [0.05, 0.1) is 5.56 Å². The molecule has 5 heteroatoms. The fourth-order valence-electron chi connectivity index (χ4n) is 3.54. The number of para-hydroxylation sites is 1. The van der Waals surface area contributed by atoms with E-state index in [0.29, 0.717) is 22.6 Å². The number of carbonyl (C=O) groups excluding carboxylic acids is 2. The van der Waals surface area contributed by atoms with Crippen LogP contribution in [0.25, 0.3) is 6.08 Å². The number of hydrogen-bond acceptors (Lipinski definition) is 4. The number of fused-ring (bicyclic) bond motifs is 1. The van der Waals surface area contributed by atoms with Crippen LogP contribution in [0.1, 0.15) is 47.2 Å². The topological polar surface area (TPSA) is 59.0 Å². The molecule has 2 aromatic carbocycles. The van der Waals surface area contributed by atoms with Crippen LogP contribution >= 0.6 is 0 Å². The highest BCUT2D eigenvalue weighted by Gasteiger charge is 2.30. The van der Waals surface area contributed by atoms with Gasteiger partial charge in [-0.3, -0.25) is 9.69 Å². The lowest BCUT2D eigenvalue weighted by Gasteiger charge is -2.14. The maximum absolute atomic E-state index is 12.7. The first-order valence-corrected chi connectivity index (χ1v) is 9.61. The summed E-state index contributed by atoms with van der Waals surface area (Å²) >= 11 is 0. The average Bonchev–Trinajstić information content (AvgIpc) is 2.85. The summed E-state index contributed by atoms with van der Waals surface area (Å²) in [5.74, 6) is 0.778. The quantitative estimate of drug-likeness (QED) is 0.455. The number of aryl methyl sites for hydroxylation is 1. The number of carbonyl (C=O) groups is 2.